The monoisotopic (exact) mass is 485 g/mol. The minimum Gasteiger partial charge on any atom is -0.370 e. The second kappa shape index (κ2) is 10.4. The van der Waals surface area contributed by atoms with Crippen molar-refractivity contribution in [2.75, 3.05) is 7.05 Å². The Hall–Kier alpha value is -3.20. The predicted octanol–water partition coefficient (Wildman–Crippen LogP) is 5.20. The number of hydrogen-bond acceptors (Lipinski definition) is 5. The Labute approximate surface area is 214 Å². The van der Waals surface area contributed by atoms with Crippen molar-refractivity contribution in [1.82, 2.24) is 19.5 Å². The fourth-order valence-corrected chi connectivity index (χ4v) is 6.06. The summed E-state index contributed by atoms with van der Waals surface area (Å²) in [5, 5.41) is 19.8. The van der Waals surface area contributed by atoms with Crippen LogP contribution in [0.3, 0.4) is 0 Å². The first-order valence-electron chi connectivity index (χ1n) is 13.4. The van der Waals surface area contributed by atoms with Crippen molar-refractivity contribution in [3.05, 3.63) is 68.6 Å². The van der Waals surface area contributed by atoms with E-state index in [1.807, 2.05) is 13.0 Å². The van der Waals surface area contributed by atoms with E-state index in [1.165, 1.54) is 5.70 Å². The minimum absolute atomic E-state index is 0.0534. The third-order valence-corrected chi connectivity index (χ3v) is 8.25. The molecule has 2 aromatic rings. The SMILES string of the molecule is CCCCC(CCCC)c1nnc2/c(=C/C=C3\N(C)C4C=CC=CC4C3(C)C)c(C)c(C#N)c(=O)n12. The number of likely N-dealkylation sites (tertiary alicyclic amines) is 1. The molecule has 3 heterocycles. The first kappa shape index (κ1) is 25.9. The number of allylic oxidation sites excluding steroid dienone is 4. The number of aromatic nitrogens is 3. The lowest BCUT2D eigenvalue weighted by atomic mass is 9.75. The number of rotatable bonds is 8. The molecule has 0 amide bonds. The molecule has 6 heteroatoms. The van der Waals surface area contributed by atoms with Crippen LogP contribution in [0.25, 0.3) is 11.7 Å². The molecule has 2 atom stereocenters. The molecular formula is C30H39N5O. The Morgan fingerprint density at radius 3 is 2.39 bits per heavy atom. The van der Waals surface area contributed by atoms with E-state index in [2.05, 4.69) is 86.3 Å². The Morgan fingerprint density at radius 1 is 1.11 bits per heavy atom. The average molecular weight is 486 g/mol. The largest absolute Gasteiger partial charge is 0.370 e. The first-order chi connectivity index (χ1) is 17.3. The highest BCUT2D eigenvalue weighted by Crippen LogP contribution is 2.49. The Kier molecular flexibility index (Phi) is 7.49. The van der Waals surface area contributed by atoms with Gasteiger partial charge in [-0.25, -0.2) is 4.40 Å². The van der Waals surface area contributed by atoms with E-state index in [9.17, 15) is 10.1 Å². The standard InChI is InChI=1S/C30H39N5O/c1-7-9-13-21(14-10-8-2)27-32-33-28-22(20(3)23(19-31)29(36)35(27)28)17-18-26-30(4,5)24-15-11-12-16-25(24)34(26)6/h11-12,15-18,21,24-25H,7-10,13-14H2,1-6H3/b22-17+,26-18-. The summed E-state index contributed by atoms with van der Waals surface area (Å²) >= 11 is 0. The van der Waals surface area contributed by atoms with Crippen LogP contribution >= 0.6 is 0 Å². The fraction of sp³-hybridized carbons (Fsp3) is 0.533. The van der Waals surface area contributed by atoms with Gasteiger partial charge in [-0.2, -0.15) is 5.26 Å². The third-order valence-electron chi connectivity index (χ3n) is 8.25. The van der Waals surface area contributed by atoms with Crippen molar-refractivity contribution in [1.29, 1.82) is 5.26 Å². The van der Waals surface area contributed by atoms with Crippen LogP contribution < -0.4 is 10.8 Å². The molecule has 0 saturated carbocycles. The maximum atomic E-state index is 13.5. The Morgan fingerprint density at radius 2 is 1.78 bits per heavy atom. The van der Waals surface area contributed by atoms with E-state index in [1.54, 1.807) is 4.40 Å². The molecule has 4 rings (SSSR count). The molecule has 2 aromatic heterocycles. The fourth-order valence-electron chi connectivity index (χ4n) is 6.06. The molecule has 1 fully saturated rings. The summed E-state index contributed by atoms with van der Waals surface area (Å²) in [6.07, 6.45) is 19.3. The van der Waals surface area contributed by atoms with Crippen molar-refractivity contribution >= 4 is 11.7 Å². The van der Waals surface area contributed by atoms with Gasteiger partial charge >= 0.3 is 0 Å². The third kappa shape index (κ3) is 4.30. The number of unbranched alkanes of at least 4 members (excludes halogenated alkanes) is 2. The van der Waals surface area contributed by atoms with Gasteiger partial charge in [-0.1, -0.05) is 77.7 Å². The van der Waals surface area contributed by atoms with Gasteiger partial charge in [0.15, 0.2) is 5.65 Å². The molecule has 190 valence electrons. The molecule has 36 heavy (non-hydrogen) atoms. The van der Waals surface area contributed by atoms with E-state index in [0.29, 0.717) is 29.0 Å². The van der Waals surface area contributed by atoms with Crippen LogP contribution in [0.15, 0.2) is 40.9 Å². The number of hydrogen-bond donors (Lipinski definition) is 0. The summed E-state index contributed by atoms with van der Waals surface area (Å²) in [5.74, 6) is 1.26. The van der Waals surface area contributed by atoms with Gasteiger partial charge in [-0.3, -0.25) is 4.79 Å². The maximum Gasteiger partial charge on any atom is 0.276 e. The molecule has 6 nitrogen and oxygen atoms in total. The van der Waals surface area contributed by atoms with Gasteiger partial charge in [0, 0.05) is 35.2 Å². The van der Waals surface area contributed by atoms with Gasteiger partial charge in [0.2, 0.25) is 0 Å². The lowest BCUT2D eigenvalue weighted by molar-refractivity contribution is 0.344. The van der Waals surface area contributed by atoms with E-state index in [-0.39, 0.29) is 22.5 Å². The van der Waals surface area contributed by atoms with Crippen LogP contribution in [-0.2, 0) is 0 Å². The highest BCUT2D eigenvalue weighted by Gasteiger charge is 2.46. The molecule has 0 aromatic carbocycles. The summed E-state index contributed by atoms with van der Waals surface area (Å²) in [5.41, 5.74) is 2.27. The lowest BCUT2D eigenvalue weighted by Gasteiger charge is -2.26. The summed E-state index contributed by atoms with van der Waals surface area (Å²) in [7, 11) is 2.14. The summed E-state index contributed by atoms with van der Waals surface area (Å²) in [6.45, 7) is 10.8. The molecule has 2 aliphatic rings. The van der Waals surface area contributed by atoms with Crippen molar-refractivity contribution in [2.24, 2.45) is 11.3 Å². The van der Waals surface area contributed by atoms with Crippen LogP contribution in [0.5, 0.6) is 0 Å². The van der Waals surface area contributed by atoms with Crippen LogP contribution in [0.1, 0.15) is 89.1 Å². The second-order valence-electron chi connectivity index (χ2n) is 10.9. The van der Waals surface area contributed by atoms with Gasteiger partial charge in [0.25, 0.3) is 5.56 Å². The van der Waals surface area contributed by atoms with Crippen molar-refractivity contribution in [2.45, 2.75) is 85.1 Å². The minimum atomic E-state index is -0.299. The van der Waals surface area contributed by atoms with Gasteiger partial charge in [-0.15, -0.1) is 10.2 Å². The summed E-state index contributed by atoms with van der Waals surface area (Å²) < 4.78 is 1.63. The predicted molar refractivity (Wildman–Crippen MR) is 145 cm³/mol. The first-order valence-corrected chi connectivity index (χ1v) is 13.4. The smallest absolute Gasteiger partial charge is 0.276 e. The van der Waals surface area contributed by atoms with Crippen LogP contribution in [0, 0.1) is 29.6 Å². The normalized spacial score (nSPS) is 22.2. The van der Waals surface area contributed by atoms with E-state index in [0.717, 1.165) is 43.7 Å². The van der Waals surface area contributed by atoms with E-state index in [4.69, 9.17) is 0 Å². The molecule has 1 aliphatic heterocycles. The molecule has 1 aliphatic carbocycles. The van der Waals surface area contributed by atoms with Crippen LogP contribution in [-0.4, -0.2) is 32.6 Å². The highest BCUT2D eigenvalue weighted by atomic mass is 16.1. The summed E-state index contributed by atoms with van der Waals surface area (Å²) in [6, 6.07) is 2.50. The molecule has 2 unspecified atom stereocenters. The quantitative estimate of drug-likeness (QED) is 0.514. The number of pyridine rings is 1. The van der Waals surface area contributed by atoms with Gasteiger partial charge in [0.05, 0.1) is 6.04 Å². The Bertz CT molecular complexity index is 1360. The number of fused-ring (bicyclic) bond motifs is 2. The van der Waals surface area contributed by atoms with E-state index >= 15 is 0 Å². The van der Waals surface area contributed by atoms with Gasteiger partial charge < -0.3 is 4.90 Å². The maximum absolute atomic E-state index is 13.5. The lowest BCUT2D eigenvalue weighted by Crippen LogP contribution is -2.28. The Balaban J connectivity index is 1.91. The molecule has 0 bridgehead atoms. The van der Waals surface area contributed by atoms with Crippen LogP contribution in [0.2, 0.25) is 0 Å². The molecule has 1 saturated heterocycles. The zero-order valence-corrected chi connectivity index (χ0v) is 22.6. The average Bonchev–Trinajstić information content (AvgIpc) is 3.38. The van der Waals surface area contributed by atoms with Crippen LogP contribution in [0.4, 0.5) is 0 Å². The van der Waals surface area contributed by atoms with Crippen molar-refractivity contribution < 1.29 is 0 Å². The molecular weight excluding hydrogens is 446 g/mol. The second-order valence-corrected chi connectivity index (χ2v) is 10.9. The molecule has 0 spiro atoms. The highest BCUT2D eigenvalue weighted by molar-refractivity contribution is 5.58. The summed E-state index contributed by atoms with van der Waals surface area (Å²) in [4.78, 5) is 15.8. The van der Waals surface area contributed by atoms with Gasteiger partial charge in [-0.05, 0) is 37.5 Å². The molecule has 0 N–H and O–H groups in total. The zero-order chi connectivity index (χ0) is 26.0. The number of nitriles is 1. The number of nitrogens with zero attached hydrogens (tertiary/aromatic N) is 5. The zero-order valence-electron chi connectivity index (χ0n) is 22.6. The topological polar surface area (TPSA) is 74.3 Å². The molecule has 0 radical (unpaired) electrons. The number of likely N-dealkylation sites (N-methyl/N-ethyl adjacent to an activating group) is 1. The van der Waals surface area contributed by atoms with Crippen molar-refractivity contribution in [3.63, 3.8) is 0 Å². The van der Waals surface area contributed by atoms with Gasteiger partial charge in [0.1, 0.15) is 17.5 Å². The van der Waals surface area contributed by atoms with Crippen molar-refractivity contribution in [3.8, 4) is 6.07 Å². The van der Waals surface area contributed by atoms with E-state index < -0.39 is 0 Å².